The summed E-state index contributed by atoms with van der Waals surface area (Å²) < 4.78 is 12.7. The molecule has 0 spiro atoms. The lowest BCUT2D eigenvalue weighted by molar-refractivity contribution is -0.112. The number of amides is 1. The minimum atomic E-state index is -0.452. The third-order valence-electron chi connectivity index (χ3n) is 4.36. The number of rotatable bonds is 5. The molecule has 0 aliphatic carbocycles. The molecule has 1 aliphatic rings. The molecule has 1 amide bonds. The molecule has 1 aromatic carbocycles. The molecular formula is C20H21N3O3. The van der Waals surface area contributed by atoms with Crippen molar-refractivity contribution in [2.24, 2.45) is 0 Å². The number of nitrogens with one attached hydrogen (secondary N) is 1. The van der Waals surface area contributed by atoms with E-state index in [1.807, 2.05) is 26.0 Å². The van der Waals surface area contributed by atoms with E-state index in [4.69, 9.17) is 9.47 Å². The lowest BCUT2D eigenvalue weighted by Crippen LogP contribution is -2.13. The first kappa shape index (κ1) is 17.6. The summed E-state index contributed by atoms with van der Waals surface area (Å²) in [6, 6.07) is 9.12. The highest BCUT2D eigenvalue weighted by Gasteiger charge is 2.16. The maximum Gasteiger partial charge on any atom is 0.266 e. The molecule has 2 heterocycles. The van der Waals surface area contributed by atoms with E-state index in [1.165, 1.54) is 0 Å². The van der Waals surface area contributed by atoms with Crippen LogP contribution in [0.4, 0.5) is 5.69 Å². The van der Waals surface area contributed by atoms with E-state index in [0.717, 1.165) is 29.9 Å². The Morgan fingerprint density at radius 3 is 2.81 bits per heavy atom. The number of hydrogen-bond acceptors (Lipinski definition) is 4. The maximum atomic E-state index is 12.5. The number of carbonyl (C=O) groups is 1. The smallest absolute Gasteiger partial charge is 0.266 e. The standard InChI is InChI=1S/C20H21N3O3/c1-4-7-23-13(2)8-15(14(23)3)9-16(11-21)20(24)22-17-5-6-18-19(10-17)26-12-25-18/h5-6,8-10H,4,7,12H2,1-3H3,(H,22,24)/b16-9+. The van der Waals surface area contributed by atoms with Crippen LogP contribution >= 0.6 is 0 Å². The molecule has 0 fully saturated rings. The summed E-state index contributed by atoms with van der Waals surface area (Å²) in [5.74, 6) is 0.766. The average Bonchev–Trinajstić information content (AvgIpc) is 3.19. The molecule has 1 aromatic heterocycles. The summed E-state index contributed by atoms with van der Waals surface area (Å²) in [6.45, 7) is 7.23. The fourth-order valence-corrected chi connectivity index (χ4v) is 3.02. The van der Waals surface area contributed by atoms with E-state index in [-0.39, 0.29) is 12.4 Å². The van der Waals surface area contributed by atoms with Crippen molar-refractivity contribution >= 4 is 17.7 Å². The van der Waals surface area contributed by atoms with Crippen molar-refractivity contribution < 1.29 is 14.3 Å². The SMILES string of the molecule is CCCn1c(C)cc(/C=C(\C#N)C(=O)Nc2ccc3c(c2)OCO3)c1C. The highest BCUT2D eigenvalue weighted by Crippen LogP contribution is 2.34. The molecule has 0 saturated heterocycles. The van der Waals surface area contributed by atoms with Crippen molar-refractivity contribution in [2.45, 2.75) is 33.7 Å². The average molecular weight is 351 g/mol. The molecule has 134 valence electrons. The number of aryl methyl sites for hydroxylation is 1. The molecule has 0 bridgehead atoms. The Hall–Kier alpha value is -3.20. The normalized spacial score (nSPS) is 12.8. The molecule has 1 aliphatic heterocycles. The van der Waals surface area contributed by atoms with Crippen molar-refractivity contribution in [1.82, 2.24) is 4.57 Å². The second-order valence-corrected chi connectivity index (χ2v) is 6.17. The molecule has 0 saturated carbocycles. The van der Waals surface area contributed by atoms with Gasteiger partial charge in [0.2, 0.25) is 6.79 Å². The Labute approximate surface area is 152 Å². The predicted molar refractivity (Wildman–Crippen MR) is 99.0 cm³/mol. The number of ether oxygens (including phenoxy) is 2. The Bertz CT molecular complexity index is 919. The quantitative estimate of drug-likeness (QED) is 0.657. The van der Waals surface area contributed by atoms with Gasteiger partial charge in [0.1, 0.15) is 11.6 Å². The van der Waals surface area contributed by atoms with Crippen molar-refractivity contribution in [2.75, 3.05) is 12.1 Å². The summed E-state index contributed by atoms with van der Waals surface area (Å²) >= 11 is 0. The van der Waals surface area contributed by atoms with Gasteiger partial charge in [0.15, 0.2) is 11.5 Å². The topological polar surface area (TPSA) is 76.3 Å². The predicted octanol–water partition coefficient (Wildman–Crippen LogP) is 3.79. The molecule has 6 nitrogen and oxygen atoms in total. The molecule has 0 unspecified atom stereocenters. The van der Waals surface area contributed by atoms with Gasteiger partial charge >= 0.3 is 0 Å². The van der Waals surface area contributed by atoms with Gasteiger partial charge in [0.05, 0.1) is 0 Å². The minimum Gasteiger partial charge on any atom is -0.454 e. The minimum absolute atomic E-state index is 0.0550. The van der Waals surface area contributed by atoms with E-state index in [1.54, 1.807) is 24.3 Å². The summed E-state index contributed by atoms with van der Waals surface area (Å²) in [7, 11) is 0. The van der Waals surface area contributed by atoms with Crippen molar-refractivity contribution in [3.8, 4) is 17.6 Å². The molecule has 3 rings (SSSR count). The zero-order chi connectivity index (χ0) is 18.7. The Kier molecular flexibility index (Phi) is 4.99. The fourth-order valence-electron chi connectivity index (χ4n) is 3.02. The van der Waals surface area contributed by atoms with Gasteiger partial charge < -0.3 is 19.4 Å². The second kappa shape index (κ2) is 7.36. The molecule has 6 heteroatoms. The largest absolute Gasteiger partial charge is 0.454 e. The number of anilines is 1. The Morgan fingerprint density at radius 1 is 1.31 bits per heavy atom. The zero-order valence-electron chi connectivity index (χ0n) is 15.1. The van der Waals surface area contributed by atoms with Crippen LogP contribution in [0.2, 0.25) is 0 Å². The van der Waals surface area contributed by atoms with Crippen LogP contribution < -0.4 is 14.8 Å². The summed E-state index contributed by atoms with van der Waals surface area (Å²) in [5, 5.41) is 12.2. The molecule has 2 aromatic rings. The zero-order valence-corrected chi connectivity index (χ0v) is 15.1. The van der Waals surface area contributed by atoms with Crippen LogP contribution in [0.3, 0.4) is 0 Å². The van der Waals surface area contributed by atoms with Crippen LogP contribution in [0.5, 0.6) is 11.5 Å². The first-order valence-electron chi connectivity index (χ1n) is 8.53. The third kappa shape index (κ3) is 3.42. The number of benzene rings is 1. The van der Waals surface area contributed by atoms with Crippen molar-refractivity contribution in [3.63, 3.8) is 0 Å². The van der Waals surface area contributed by atoms with Crippen LogP contribution in [-0.2, 0) is 11.3 Å². The van der Waals surface area contributed by atoms with Gasteiger partial charge in [-0.1, -0.05) is 6.92 Å². The number of aromatic nitrogens is 1. The first-order valence-corrected chi connectivity index (χ1v) is 8.53. The van der Waals surface area contributed by atoms with Crippen molar-refractivity contribution in [3.05, 3.63) is 46.8 Å². The van der Waals surface area contributed by atoms with Gasteiger partial charge in [0, 0.05) is 29.7 Å². The lowest BCUT2D eigenvalue weighted by atomic mass is 10.1. The lowest BCUT2D eigenvalue weighted by Gasteiger charge is -2.07. The van der Waals surface area contributed by atoms with E-state index in [0.29, 0.717) is 17.2 Å². The van der Waals surface area contributed by atoms with E-state index < -0.39 is 5.91 Å². The molecule has 0 radical (unpaired) electrons. The van der Waals surface area contributed by atoms with Gasteiger partial charge in [0.25, 0.3) is 5.91 Å². The third-order valence-corrected chi connectivity index (χ3v) is 4.36. The highest BCUT2D eigenvalue weighted by molar-refractivity contribution is 6.09. The Morgan fingerprint density at radius 2 is 2.08 bits per heavy atom. The van der Waals surface area contributed by atoms with E-state index in [9.17, 15) is 10.1 Å². The molecule has 26 heavy (non-hydrogen) atoms. The van der Waals surface area contributed by atoms with Gasteiger partial charge in [-0.3, -0.25) is 4.79 Å². The van der Waals surface area contributed by atoms with Gasteiger partial charge in [-0.15, -0.1) is 0 Å². The second-order valence-electron chi connectivity index (χ2n) is 6.17. The molecular weight excluding hydrogens is 330 g/mol. The van der Waals surface area contributed by atoms with Crippen LogP contribution in [0, 0.1) is 25.2 Å². The number of fused-ring (bicyclic) bond motifs is 1. The van der Waals surface area contributed by atoms with Crippen molar-refractivity contribution in [1.29, 1.82) is 5.26 Å². The van der Waals surface area contributed by atoms with Gasteiger partial charge in [-0.2, -0.15) is 5.26 Å². The summed E-state index contributed by atoms with van der Waals surface area (Å²) in [5.41, 5.74) is 3.65. The van der Waals surface area contributed by atoms with E-state index >= 15 is 0 Å². The van der Waals surface area contributed by atoms with Crippen LogP contribution in [0.25, 0.3) is 6.08 Å². The first-order chi connectivity index (χ1) is 12.5. The Balaban J connectivity index is 1.82. The number of hydrogen-bond donors (Lipinski definition) is 1. The van der Waals surface area contributed by atoms with Crippen LogP contribution in [0.1, 0.15) is 30.3 Å². The van der Waals surface area contributed by atoms with E-state index in [2.05, 4.69) is 16.8 Å². The van der Waals surface area contributed by atoms with Gasteiger partial charge in [-0.25, -0.2) is 0 Å². The summed E-state index contributed by atoms with van der Waals surface area (Å²) in [4.78, 5) is 12.5. The maximum absolute atomic E-state index is 12.5. The van der Waals surface area contributed by atoms with Crippen LogP contribution in [-0.4, -0.2) is 17.3 Å². The molecule has 0 atom stereocenters. The van der Waals surface area contributed by atoms with Gasteiger partial charge in [-0.05, 0) is 50.1 Å². The fraction of sp³-hybridized carbons (Fsp3) is 0.300. The monoisotopic (exact) mass is 351 g/mol. The molecule has 1 N–H and O–H groups in total. The summed E-state index contributed by atoms with van der Waals surface area (Å²) in [6.07, 6.45) is 2.66. The number of nitriles is 1. The number of nitrogens with zero attached hydrogens (tertiary/aromatic N) is 2. The number of carbonyl (C=O) groups excluding carboxylic acids is 1. The van der Waals surface area contributed by atoms with Crippen LogP contribution in [0.15, 0.2) is 29.8 Å². The highest BCUT2D eigenvalue weighted by atomic mass is 16.7.